The van der Waals surface area contributed by atoms with Crippen LogP contribution in [0.25, 0.3) is 0 Å². The number of rotatable bonds is 6. The standard InChI is InChI=1S/C19H20BrN3O4/c20-16-7-4-8-17(23(26)27)19(16)22-10-9-21(13-15(22)11-18(24)25)12-14-5-2-1-3-6-14/h1-8,15H,9-13H2,(H,24,25)/t15-/m0/s1. The number of benzene rings is 2. The molecule has 142 valence electrons. The van der Waals surface area contributed by atoms with E-state index in [1.807, 2.05) is 35.2 Å². The van der Waals surface area contributed by atoms with E-state index < -0.39 is 10.9 Å². The summed E-state index contributed by atoms with van der Waals surface area (Å²) in [5.41, 5.74) is 1.59. The third-order valence-corrected chi connectivity index (χ3v) is 5.32. The number of piperazine rings is 1. The van der Waals surface area contributed by atoms with E-state index in [9.17, 15) is 20.0 Å². The zero-order chi connectivity index (χ0) is 19.4. The van der Waals surface area contributed by atoms with Gasteiger partial charge in [0.2, 0.25) is 0 Å². The molecule has 7 nitrogen and oxygen atoms in total. The van der Waals surface area contributed by atoms with Crippen LogP contribution in [0.5, 0.6) is 0 Å². The first-order valence-corrected chi connectivity index (χ1v) is 9.42. The molecule has 1 aliphatic rings. The molecule has 0 unspecified atom stereocenters. The Morgan fingerprint density at radius 1 is 1.19 bits per heavy atom. The summed E-state index contributed by atoms with van der Waals surface area (Å²) in [6, 6.07) is 14.5. The average molecular weight is 434 g/mol. The van der Waals surface area contributed by atoms with Crippen LogP contribution in [0.1, 0.15) is 12.0 Å². The first kappa shape index (κ1) is 19.3. The topological polar surface area (TPSA) is 86.9 Å². The molecule has 0 aliphatic carbocycles. The molecule has 3 rings (SSSR count). The van der Waals surface area contributed by atoms with E-state index in [-0.39, 0.29) is 18.2 Å². The zero-order valence-electron chi connectivity index (χ0n) is 14.6. The number of carbonyl (C=O) groups is 1. The summed E-state index contributed by atoms with van der Waals surface area (Å²) in [6.45, 7) is 2.47. The van der Waals surface area contributed by atoms with Gasteiger partial charge in [0.25, 0.3) is 5.69 Å². The van der Waals surface area contributed by atoms with Gasteiger partial charge in [-0.05, 0) is 27.6 Å². The molecule has 0 aromatic heterocycles. The lowest BCUT2D eigenvalue weighted by Crippen LogP contribution is -2.54. The summed E-state index contributed by atoms with van der Waals surface area (Å²) in [6.07, 6.45) is -0.0796. The number of nitrogens with zero attached hydrogens (tertiary/aromatic N) is 3. The number of aliphatic carboxylic acids is 1. The fraction of sp³-hybridized carbons (Fsp3) is 0.316. The molecule has 0 radical (unpaired) electrons. The van der Waals surface area contributed by atoms with Crippen LogP contribution in [0.3, 0.4) is 0 Å². The lowest BCUT2D eigenvalue weighted by molar-refractivity contribution is -0.384. The van der Waals surface area contributed by atoms with Crippen molar-refractivity contribution in [1.82, 2.24) is 4.90 Å². The Kier molecular flexibility index (Phi) is 6.08. The minimum atomic E-state index is -0.915. The van der Waals surface area contributed by atoms with Gasteiger partial charge < -0.3 is 10.0 Å². The van der Waals surface area contributed by atoms with Crippen molar-refractivity contribution in [2.45, 2.75) is 19.0 Å². The Bertz CT molecular complexity index is 831. The summed E-state index contributed by atoms with van der Waals surface area (Å²) in [5.74, 6) is -0.915. The molecule has 1 atom stereocenters. The molecular weight excluding hydrogens is 414 g/mol. The number of hydrogen-bond donors (Lipinski definition) is 1. The normalized spacial score (nSPS) is 17.7. The van der Waals surface area contributed by atoms with Gasteiger partial charge in [-0.2, -0.15) is 0 Å². The largest absolute Gasteiger partial charge is 0.481 e. The van der Waals surface area contributed by atoms with Crippen molar-refractivity contribution < 1.29 is 14.8 Å². The van der Waals surface area contributed by atoms with E-state index in [2.05, 4.69) is 20.8 Å². The Balaban J connectivity index is 1.86. The van der Waals surface area contributed by atoms with E-state index in [1.165, 1.54) is 6.07 Å². The number of carboxylic acid groups (broad SMARTS) is 1. The highest BCUT2D eigenvalue weighted by atomic mass is 79.9. The number of carboxylic acids is 1. The smallest absolute Gasteiger partial charge is 0.305 e. The maximum atomic E-state index is 11.5. The van der Waals surface area contributed by atoms with Crippen molar-refractivity contribution in [3.8, 4) is 0 Å². The number of nitro benzene ring substituents is 1. The molecule has 0 saturated carbocycles. The van der Waals surface area contributed by atoms with Gasteiger partial charge in [-0.3, -0.25) is 19.8 Å². The highest BCUT2D eigenvalue weighted by Crippen LogP contribution is 2.38. The van der Waals surface area contributed by atoms with Gasteiger partial charge in [-0.15, -0.1) is 0 Å². The van der Waals surface area contributed by atoms with Gasteiger partial charge in [0.1, 0.15) is 5.69 Å². The van der Waals surface area contributed by atoms with Gasteiger partial charge in [-0.25, -0.2) is 0 Å². The highest BCUT2D eigenvalue weighted by Gasteiger charge is 2.33. The first-order valence-electron chi connectivity index (χ1n) is 8.63. The van der Waals surface area contributed by atoms with Crippen molar-refractivity contribution in [3.05, 3.63) is 68.7 Å². The second-order valence-corrected chi connectivity index (χ2v) is 7.38. The van der Waals surface area contributed by atoms with Crippen molar-refractivity contribution in [2.75, 3.05) is 24.5 Å². The zero-order valence-corrected chi connectivity index (χ0v) is 16.2. The molecule has 2 aromatic rings. The predicted molar refractivity (Wildman–Crippen MR) is 106 cm³/mol. The number of nitro groups is 1. The van der Waals surface area contributed by atoms with Crippen molar-refractivity contribution in [3.63, 3.8) is 0 Å². The Morgan fingerprint density at radius 2 is 1.93 bits per heavy atom. The molecule has 1 N–H and O–H groups in total. The second kappa shape index (κ2) is 8.49. The van der Waals surface area contributed by atoms with Crippen LogP contribution >= 0.6 is 15.9 Å². The third kappa shape index (κ3) is 4.64. The number of halogens is 1. The maximum Gasteiger partial charge on any atom is 0.305 e. The summed E-state index contributed by atoms with van der Waals surface area (Å²) in [5, 5.41) is 20.8. The molecule has 1 heterocycles. The molecule has 0 spiro atoms. The summed E-state index contributed by atoms with van der Waals surface area (Å²) >= 11 is 3.41. The second-order valence-electron chi connectivity index (χ2n) is 6.53. The first-order chi connectivity index (χ1) is 13.0. The van der Waals surface area contributed by atoms with E-state index in [0.29, 0.717) is 29.8 Å². The SMILES string of the molecule is O=C(O)C[C@H]1CN(Cc2ccccc2)CCN1c1c(Br)cccc1[N+](=O)[O-]. The van der Waals surface area contributed by atoms with Crippen molar-refractivity contribution in [2.24, 2.45) is 0 Å². The van der Waals surface area contributed by atoms with Crippen LogP contribution in [0.4, 0.5) is 11.4 Å². The summed E-state index contributed by atoms with van der Waals surface area (Å²) in [7, 11) is 0. The Morgan fingerprint density at radius 3 is 2.59 bits per heavy atom. The van der Waals surface area contributed by atoms with Crippen LogP contribution in [0.15, 0.2) is 53.0 Å². The van der Waals surface area contributed by atoms with Gasteiger partial charge in [0.05, 0.1) is 17.4 Å². The number of para-hydroxylation sites is 1. The molecule has 27 heavy (non-hydrogen) atoms. The lowest BCUT2D eigenvalue weighted by atomic mass is 10.1. The molecule has 1 aliphatic heterocycles. The van der Waals surface area contributed by atoms with Gasteiger partial charge in [0, 0.05) is 36.7 Å². The van der Waals surface area contributed by atoms with Gasteiger partial charge in [-0.1, -0.05) is 36.4 Å². The molecule has 1 fully saturated rings. The molecule has 2 aromatic carbocycles. The van der Waals surface area contributed by atoms with Crippen LogP contribution < -0.4 is 4.90 Å². The van der Waals surface area contributed by atoms with Crippen LogP contribution in [-0.2, 0) is 11.3 Å². The Labute approximate surface area is 165 Å². The highest BCUT2D eigenvalue weighted by molar-refractivity contribution is 9.10. The molecular formula is C19H20BrN3O4. The average Bonchev–Trinajstić information content (AvgIpc) is 2.62. The summed E-state index contributed by atoms with van der Waals surface area (Å²) in [4.78, 5) is 26.5. The van der Waals surface area contributed by atoms with E-state index >= 15 is 0 Å². The summed E-state index contributed by atoms with van der Waals surface area (Å²) < 4.78 is 0.601. The molecule has 1 saturated heterocycles. The third-order valence-electron chi connectivity index (χ3n) is 4.68. The molecule has 8 heteroatoms. The van der Waals surface area contributed by atoms with Gasteiger partial charge >= 0.3 is 5.97 Å². The lowest BCUT2D eigenvalue weighted by Gasteiger charge is -2.42. The van der Waals surface area contributed by atoms with Crippen LogP contribution in [0, 0.1) is 10.1 Å². The van der Waals surface area contributed by atoms with Crippen LogP contribution in [0.2, 0.25) is 0 Å². The fourth-order valence-electron chi connectivity index (χ4n) is 3.51. The quantitative estimate of drug-likeness (QED) is 0.553. The van der Waals surface area contributed by atoms with E-state index in [1.54, 1.807) is 12.1 Å². The molecule has 0 bridgehead atoms. The van der Waals surface area contributed by atoms with Crippen LogP contribution in [-0.4, -0.2) is 46.6 Å². The minimum absolute atomic E-state index is 0.0173. The fourth-order valence-corrected chi connectivity index (χ4v) is 4.09. The van der Waals surface area contributed by atoms with Gasteiger partial charge in [0.15, 0.2) is 0 Å². The molecule has 0 amide bonds. The van der Waals surface area contributed by atoms with Crippen molar-refractivity contribution >= 4 is 33.3 Å². The Hall–Kier alpha value is -2.45. The van der Waals surface area contributed by atoms with Crippen molar-refractivity contribution in [1.29, 1.82) is 0 Å². The monoisotopic (exact) mass is 433 g/mol. The predicted octanol–water partition coefficient (Wildman–Crippen LogP) is 3.52. The van der Waals surface area contributed by atoms with E-state index in [0.717, 1.165) is 12.1 Å². The number of hydrogen-bond acceptors (Lipinski definition) is 5. The van der Waals surface area contributed by atoms with E-state index in [4.69, 9.17) is 0 Å². The minimum Gasteiger partial charge on any atom is -0.481 e. The number of anilines is 1. The maximum absolute atomic E-state index is 11.5.